The first-order valence-electron chi connectivity index (χ1n) is 6.45. The van der Waals surface area contributed by atoms with Gasteiger partial charge in [0.15, 0.2) is 5.15 Å². The monoisotopic (exact) mass is 414 g/mol. The van der Waals surface area contributed by atoms with E-state index in [1.165, 1.54) is 5.56 Å². The van der Waals surface area contributed by atoms with E-state index in [9.17, 15) is 0 Å². The summed E-state index contributed by atoms with van der Waals surface area (Å²) < 4.78 is 2.07. The van der Waals surface area contributed by atoms with Crippen LogP contribution in [0.5, 0.6) is 0 Å². The van der Waals surface area contributed by atoms with Gasteiger partial charge in [-0.2, -0.15) is 0 Å². The molecule has 0 aliphatic heterocycles. The smallest absolute Gasteiger partial charge is 0.152 e. The molecule has 1 fully saturated rings. The second-order valence-corrected chi connectivity index (χ2v) is 7.24. The molecule has 1 aromatic carbocycles. The first-order valence-corrected chi connectivity index (χ1v) is 8.41. The summed E-state index contributed by atoms with van der Waals surface area (Å²) in [6.45, 7) is 0. The summed E-state index contributed by atoms with van der Waals surface area (Å²) in [4.78, 5) is 4.13. The average molecular weight is 417 g/mol. The van der Waals surface area contributed by atoms with Gasteiger partial charge in [-0.1, -0.05) is 39.7 Å². The normalized spacial score (nSPS) is 21.4. The van der Waals surface area contributed by atoms with E-state index in [4.69, 9.17) is 11.6 Å². The van der Waals surface area contributed by atoms with Crippen LogP contribution in [0.3, 0.4) is 0 Å². The highest BCUT2D eigenvalue weighted by Gasteiger charge is 2.30. The number of anilines is 1. The van der Waals surface area contributed by atoms with Crippen LogP contribution in [0.4, 0.5) is 5.69 Å². The summed E-state index contributed by atoms with van der Waals surface area (Å²) in [6, 6.07) is 11.0. The number of rotatable bonds is 3. The van der Waals surface area contributed by atoms with Crippen molar-refractivity contribution in [3.8, 4) is 0 Å². The van der Waals surface area contributed by atoms with Gasteiger partial charge in [0, 0.05) is 21.2 Å². The van der Waals surface area contributed by atoms with E-state index in [0.29, 0.717) is 17.1 Å². The van der Waals surface area contributed by atoms with Gasteiger partial charge in [-0.05, 0) is 58.5 Å². The van der Waals surface area contributed by atoms with Crippen LogP contribution in [-0.2, 0) is 0 Å². The second-order valence-electron chi connectivity index (χ2n) is 5.05. The number of hydrogen-bond acceptors (Lipinski definition) is 2. The Bertz CT molecular complexity index is 610. The Morgan fingerprint density at radius 2 is 1.80 bits per heavy atom. The van der Waals surface area contributed by atoms with Crippen molar-refractivity contribution in [1.82, 2.24) is 4.98 Å². The zero-order valence-corrected chi connectivity index (χ0v) is 14.5. The predicted molar refractivity (Wildman–Crippen MR) is 90.5 cm³/mol. The minimum Gasteiger partial charge on any atom is -0.380 e. The summed E-state index contributed by atoms with van der Waals surface area (Å²) in [5.74, 6) is 0.638. The van der Waals surface area contributed by atoms with Gasteiger partial charge >= 0.3 is 0 Å². The van der Waals surface area contributed by atoms with Gasteiger partial charge < -0.3 is 5.32 Å². The first-order chi connectivity index (χ1) is 9.61. The number of pyridine rings is 1. The molecule has 0 saturated heterocycles. The number of hydrogen-bond donors (Lipinski definition) is 1. The molecule has 2 nitrogen and oxygen atoms in total. The zero-order chi connectivity index (χ0) is 14.1. The Hall–Kier alpha value is -0.580. The molecule has 3 rings (SSSR count). The maximum absolute atomic E-state index is 6.09. The highest BCUT2D eigenvalue weighted by atomic mass is 79.9. The van der Waals surface area contributed by atoms with Crippen LogP contribution in [0.2, 0.25) is 5.15 Å². The van der Waals surface area contributed by atoms with Gasteiger partial charge in [-0.15, -0.1) is 0 Å². The number of nitrogens with zero attached hydrogens (tertiary/aromatic N) is 1. The predicted octanol–water partition coefficient (Wildman–Crippen LogP) is 5.62. The summed E-state index contributed by atoms with van der Waals surface area (Å²) in [5.41, 5.74) is 2.31. The number of benzene rings is 1. The van der Waals surface area contributed by atoms with Crippen molar-refractivity contribution < 1.29 is 0 Å². The van der Waals surface area contributed by atoms with Crippen LogP contribution in [-0.4, -0.2) is 11.0 Å². The molecule has 0 bridgehead atoms. The summed E-state index contributed by atoms with van der Waals surface area (Å²) in [6.07, 6.45) is 3.97. The van der Waals surface area contributed by atoms with E-state index < -0.39 is 0 Å². The van der Waals surface area contributed by atoms with Gasteiger partial charge in [0.05, 0.1) is 5.69 Å². The minimum atomic E-state index is 0.470. The molecule has 0 amide bonds. The van der Waals surface area contributed by atoms with Gasteiger partial charge in [0.1, 0.15) is 0 Å². The van der Waals surface area contributed by atoms with Crippen molar-refractivity contribution in [1.29, 1.82) is 0 Å². The second kappa shape index (κ2) is 6.04. The van der Waals surface area contributed by atoms with E-state index in [1.807, 2.05) is 6.07 Å². The molecule has 20 heavy (non-hydrogen) atoms. The van der Waals surface area contributed by atoms with Crippen LogP contribution in [0.25, 0.3) is 0 Å². The average Bonchev–Trinajstić information content (AvgIpc) is 2.39. The summed E-state index contributed by atoms with van der Waals surface area (Å²) >= 11 is 13.0. The van der Waals surface area contributed by atoms with E-state index >= 15 is 0 Å². The van der Waals surface area contributed by atoms with Gasteiger partial charge in [-0.3, -0.25) is 0 Å². The van der Waals surface area contributed by atoms with E-state index in [1.54, 1.807) is 6.20 Å². The molecule has 1 saturated carbocycles. The Labute approximate surface area is 140 Å². The lowest BCUT2D eigenvalue weighted by atomic mass is 9.76. The topological polar surface area (TPSA) is 24.9 Å². The molecular weight excluding hydrogens is 403 g/mol. The molecular formula is C15H13Br2ClN2. The van der Waals surface area contributed by atoms with Crippen molar-refractivity contribution in [2.24, 2.45) is 0 Å². The van der Waals surface area contributed by atoms with Gasteiger partial charge in [0.2, 0.25) is 0 Å². The molecule has 0 radical (unpaired) electrons. The van der Waals surface area contributed by atoms with Crippen LogP contribution < -0.4 is 5.32 Å². The fourth-order valence-corrected chi connectivity index (χ4v) is 3.24. The zero-order valence-electron chi connectivity index (χ0n) is 10.6. The van der Waals surface area contributed by atoms with Crippen molar-refractivity contribution in [2.45, 2.75) is 24.8 Å². The summed E-state index contributed by atoms with van der Waals surface area (Å²) in [5, 5.41) is 3.99. The number of nitrogens with one attached hydrogen (secondary N) is 1. The molecule has 5 heteroatoms. The fraction of sp³-hybridized carbons (Fsp3) is 0.267. The van der Waals surface area contributed by atoms with Crippen molar-refractivity contribution in [2.75, 3.05) is 5.32 Å². The van der Waals surface area contributed by atoms with Crippen LogP contribution in [0.15, 0.2) is 45.5 Å². The van der Waals surface area contributed by atoms with Crippen molar-refractivity contribution >= 4 is 49.1 Å². The third kappa shape index (κ3) is 3.18. The largest absolute Gasteiger partial charge is 0.380 e. The molecule has 104 valence electrons. The molecule has 1 aliphatic carbocycles. The van der Waals surface area contributed by atoms with E-state index in [0.717, 1.165) is 27.5 Å². The van der Waals surface area contributed by atoms with Crippen LogP contribution >= 0.6 is 43.5 Å². The SMILES string of the molecule is Clc1ncc(Br)cc1NC1CC(c2ccc(Br)cc2)C1. The standard InChI is InChI=1S/C15H13Br2ClN2/c16-11-3-1-9(2-4-11)10-5-13(6-10)20-14-7-12(17)8-19-15(14)18/h1-4,7-8,10,13,20H,5-6H2. The lowest BCUT2D eigenvalue weighted by molar-refractivity contribution is 0.374. The molecule has 1 N–H and O–H groups in total. The molecule has 1 aromatic heterocycles. The number of halogens is 3. The third-order valence-corrected chi connectivity index (χ3v) is 4.91. The van der Waals surface area contributed by atoms with Crippen LogP contribution in [0, 0.1) is 0 Å². The quantitative estimate of drug-likeness (QED) is 0.657. The van der Waals surface area contributed by atoms with Crippen molar-refractivity contribution in [3.63, 3.8) is 0 Å². The highest BCUT2D eigenvalue weighted by Crippen LogP contribution is 2.39. The maximum atomic E-state index is 6.09. The van der Waals surface area contributed by atoms with E-state index in [-0.39, 0.29) is 0 Å². The van der Waals surface area contributed by atoms with Crippen molar-refractivity contribution in [3.05, 3.63) is 56.2 Å². The first kappa shape index (κ1) is 14.4. The van der Waals surface area contributed by atoms with E-state index in [2.05, 4.69) is 66.4 Å². The Balaban J connectivity index is 1.60. The minimum absolute atomic E-state index is 0.470. The van der Waals surface area contributed by atoms with Gasteiger partial charge in [-0.25, -0.2) is 4.98 Å². The lowest BCUT2D eigenvalue weighted by Crippen LogP contribution is -2.34. The highest BCUT2D eigenvalue weighted by molar-refractivity contribution is 9.10. The number of aromatic nitrogens is 1. The fourth-order valence-electron chi connectivity index (χ4n) is 2.49. The molecule has 0 atom stereocenters. The molecule has 1 aliphatic rings. The Morgan fingerprint density at radius 3 is 2.50 bits per heavy atom. The maximum Gasteiger partial charge on any atom is 0.152 e. The van der Waals surface area contributed by atoms with Crippen LogP contribution in [0.1, 0.15) is 24.3 Å². The Kier molecular flexibility index (Phi) is 4.34. The summed E-state index contributed by atoms with van der Waals surface area (Å²) in [7, 11) is 0. The van der Waals surface area contributed by atoms with Gasteiger partial charge in [0.25, 0.3) is 0 Å². The molecule has 0 unspecified atom stereocenters. The lowest BCUT2D eigenvalue weighted by Gasteiger charge is -2.37. The molecule has 1 heterocycles. The Morgan fingerprint density at radius 1 is 1.10 bits per heavy atom. The third-order valence-electron chi connectivity index (χ3n) is 3.64. The molecule has 0 spiro atoms. The molecule has 2 aromatic rings.